The third-order valence-corrected chi connectivity index (χ3v) is 4.93. The quantitative estimate of drug-likeness (QED) is 0.789. The van der Waals surface area contributed by atoms with Crippen LogP contribution in [0.1, 0.15) is 31.4 Å². The molecule has 2 heterocycles. The topological polar surface area (TPSA) is 59.1 Å². The van der Waals surface area contributed by atoms with Crippen LogP contribution in [0.5, 0.6) is 0 Å². The van der Waals surface area contributed by atoms with Crippen LogP contribution >= 0.6 is 15.9 Å². The van der Waals surface area contributed by atoms with E-state index < -0.39 is 0 Å². The molecule has 6 heteroatoms. The van der Waals surface area contributed by atoms with Crippen molar-refractivity contribution in [1.29, 1.82) is 0 Å². The number of rotatable bonds is 6. The zero-order valence-corrected chi connectivity index (χ0v) is 15.4. The number of hydrogen-bond donors (Lipinski definition) is 2. The molecule has 1 aliphatic rings. The maximum atomic E-state index is 5.58. The maximum absolute atomic E-state index is 5.58. The molecule has 0 saturated carbocycles. The van der Waals surface area contributed by atoms with Gasteiger partial charge in [0.15, 0.2) is 0 Å². The van der Waals surface area contributed by atoms with Gasteiger partial charge in [0.25, 0.3) is 0 Å². The first kappa shape index (κ1) is 17.3. The predicted octanol–water partition coefficient (Wildman–Crippen LogP) is 3.55. The van der Waals surface area contributed by atoms with E-state index in [1.54, 1.807) is 6.20 Å². The molecule has 2 N–H and O–H groups in total. The monoisotopic (exact) mass is 390 g/mol. The fraction of sp³-hybridized carbons (Fsp3) is 0.444. The van der Waals surface area contributed by atoms with Gasteiger partial charge in [-0.1, -0.05) is 30.3 Å². The standard InChI is InChI=1S/C18H23BrN4O/c1-14(15-5-3-2-4-6-15)22-18(7-9-24-10-8-18)13-20-17-11-16(19)12-21-23-17/h2-6,11-12,14,22H,7-10,13H2,1H3,(H,20,23). The molecule has 128 valence electrons. The summed E-state index contributed by atoms with van der Waals surface area (Å²) in [5.74, 6) is 0.782. The molecule has 24 heavy (non-hydrogen) atoms. The number of halogens is 1. The maximum Gasteiger partial charge on any atom is 0.149 e. The van der Waals surface area contributed by atoms with Crippen LogP contribution in [-0.4, -0.2) is 35.5 Å². The van der Waals surface area contributed by atoms with Crippen molar-refractivity contribution < 1.29 is 4.74 Å². The molecule has 1 saturated heterocycles. The van der Waals surface area contributed by atoms with Gasteiger partial charge in [-0.05, 0) is 47.3 Å². The Morgan fingerprint density at radius 1 is 1.25 bits per heavy atom. The Hall–Kier alpha value is -1.50. The fourth-order valence-electron chi connectivity index (χ4n) is 3.11. The van der Waals surface area contributed by atoms with Crippen molar-refractivity contribution in [2.24, 2.45) is 0 Å². The molecule has 3 rings (SSSR count). The van der Waals surface area contributed by atoms with Crippen LogP contribution in [0.4, 0.5) is 5.82 Å². The minimum absolute atomic E-state index is 0.0164. The van der Waals surface area contributed by atoms with Crippen molar-refractivity contribution in [2.45, 2.75) is 31.3 Å². The summed E-state index contributed by atoms with van der Waals surface area (Å²) >= 11 is 3.43. The first-order chi connectivity index (χ1) is 11.7. The molecule has 0 bridgehead atoms. The van der Waals surface area contributed by atoms with Crippen LogP contribution in [0.2, 0.25) is 0 Å². The normalized spacial score (nSPS) is 18.1. The van der Waals surface area contributed by atoms with Crippen molar-refractivity contribution in [3.63, 3.8) is 0 Å². The van der Waals surface area contributed by atoms with Gasteiger partial charge in [0.2, 0.25) is 0 Å². The van der Waals surface area contributed by atoms with Gasteiger partial charge in [0.05, 0.1) is 6.20 Å². The van der Waals surface area contributed by atoms with Gasteiger partial charge in [0.1, 0.15) is 5.82 Å². The molecule has 1 fully saturated rings. The molecule has 1 unspecified atom stereocenters. The second-order valence-electron chi connectivity index (χ2n) is 6.28. The molecule has 0 spiro atoms. The summed E-state index contributed by atoms with van der Waals surface area (Å²) in [6.07, 6.45) is 3.63. The molecule has 1 atom stereocenters. The van der Waals surface area contributed by atoms with Gasteiger partial charge in [0, 0.05) is 35.8 Å². The lowest BCUT2D eigenvalue weighted by atomic mass is 9.88. The fourth-order valence-corrected chi connectivity index (χ4v) is 3.42. The summed E-state index contributed by atoms with van der Waals surface area (Å²) in [6, 6.07) is 12.8. The minimum atomic E-state index is -0.0164. The van der Waals surface area contributed by atoms with Gasteiger partial charge >= 0.3 is 0 Å². The second-order valence-corrected chi connectivity index (χ2v) is 7.20. The van der Waals surface area contributed by atoms with E-state index in [0.29, 0.717) is 0 Å². The highest BCUT2D eigenvalue weighted by Gasteiger charge is 2.33. The molecule has 0 radical (unpaired) electrons. The lowest BCUT2D eigenvalue weighted by Gasteiger charge is -2.40. The second kappa shape index (κ2) is 8.05. The van der Waals surface area contributed by atoms with Gasteiger partial charge in [-0.25, -0.2) is 0 Å². The number of anilines is 1. The molecule has 0 aliphatic carbocycles. The number of hydrogen-bond acceptors (Lipinski definition) is 5. The number of nitrogens with zero attached hydrogens (tertiary/aromatic N) is 2. The van der Waals surface area contributed by atoms with Crippen LogP contribution < -0.4 is 10.6 Å². The highest BCUT2D eigenvalue weighted by molar-refractivity contribution is 9.10. The van der Waals surface area contributed by atoms with Crippen LogP contribution in [0.15, 0.2) is 47.1 Å². The minimum Gasteiger partial charge on any atom is -0.381 e. The van der Waals surface area contributed by atoms with Crippen molar-refractivity contribution in [2.75, 3.05) is 25.1 Å². The van der Waals surface area contributed by atoms with E-state index in [2.05, 4.69) is 68.0 Å². The lowest BCUT2D eigenvalue weighted by Crippen LogP contribution is -2.54. The predicted molar refractivity (Wildman–Crippen MR) is 99.0 cm³/mol. The molecular weight excluding hydrogens is 368 g/mol. The van der Waals surface area contributed by atoms with Gasteiger partial charge in [-0.15, -0.1) is 5.10 Å². The Balaban J connectivity index is 1.70. The molecule has 1 aliphatic heterocycles. The van der Waals surface area contributed by atoms with Gasteiger partial charge in [-0.3, -0.25) is 0 Å². The van der Waals surface area contributed by atoms with E-state index in [-0.39, 0.29) is 11.6 Å². The van der Waals surface area contributed by atoms with E-state index in [9.17, 15) is 0 Å². The lowest BCUT2D eigenvalue weighted by molar-refractivity contribution is 0.0389. The van der Waals surface area contributed by atoms with Crippen molar-refractivity contribution in [1.82, 2.24) is 15.5 Å². The molecule has 2 aromatic rings. The third-order valence-electron chi connectivity index (χ3n) is 4.50. The number of benzene rings is 1. The summed E-state index contributed by atoms with van der Waals surface area (Å²) in [5.41, 5.74) is 1.28. The Labute approximate surface area is 151 Å². The zero-order valence-electron chi connectivity index (χ0n) is 13.8. The highest BCUT2D eigenvalue weighted by atomic mass is 79.9. The van der Waals surface area contributed by atoms with Crippen LogP contribution in [0.3, 0.4) is 0 Å². The van der Waals surface area contributed by atoms with Crippen molar-refractivity contribution in [3.05, 3.63) is 52.6 Å². The zero-order chi connectivity index (χ0) is 16.8. The Kier molecular flexibility index (Phi) is 5.81. The van der Waals surface area contributed by atoms with E-state index in [1.807, 2.05) is 12.1 Å². The van der Waals surface area contributed by atoms with E-state index in [4.69, 9.17) is 4.74 Å². The molecular formula is C18H23BrN4O. The van der Waals surface area contributed by atoms with Crippen LogP contribution in [-0.2, 0) is 4.74 Å². The van der Waals surface area contributed by atoms with E-state index >= 15 is 0 Å². The van der Waals surface area contributed by atoms with Crippen molar-refractivity contribution in [3.8, 4) is 0 Å². The van der Waals surface area contributed by atoms with Crippen LogP contribution in [0, 0.1) is 0 Å². The average molecular weight is 391 g/mol. The average Bonchev–Trinajstić information content (AvgIpc) is 2.62. The number of ether oxygens (including phenoxy) is 1. The van der Waals surface area contributed by atoms with E-state index in [1.165, 1.54) is 5.56 Å². The summed E-state index contributed by atoms with van der Waals surface area (Å²) < 4.78 is 6.50. The Morgan fingerprint density at radius 2 is 2.00 bits per heavy atom. The first-order valence-corrected chi connectivity index (χ1v) is 9.09. The molecule has 5 nitrogen and oxygen atoms in total. The molecule has 1 aromatic heterocycles. The Bertz CT molecular complexity index is 646. The number of aromatic nitrogens is 2. The smallest absolute Gasteiger partial charge is 0.149 e. The van der Waals surface area contributed by atoms with Gasteiger partial charge in [-0.2, -0.15) is 5.10 Å². The molecule has 1 aromatic carbocycles. The summed E-state index contributed by atoms with van der Waals surface area (Å²) in [4.78, 5) is 0. The SMILES string of the molecule is CC(NC1(CNc2cc(Br)cnn2)CCOCC1)c1ccccc1. The van der Waals surface area contributed by atoms with Crippen molar-refractivity contribution >= 4 is 21.7 Å². The first-order valence-electron chi connectivity index (χ1n) is 8.29. The summed E-state index contributed by atoms with van der Waals surface area (Å²) in [7, 11) is 0. The highest BCUT2D eigenvalue weighted by Crippen LogP contribution is 2.26. The Morgan fingerprint density at radius 3 is 2.71 bits per heavy atom. The van der Waals surface area contributed by atoms with Gasteiger partial charge < -0.3 is 15.4 Å². The summed E-state index contributed by atoms with van der Waals surface area (Å²) in [5, 5.41) is 15.4. The largest absolute Gasteiger partial charge is 0.381 e. The van der Waals surface area contributed by atoms with E-state index in [0.717, 1.165) is 42.9 Å². The van der Waals surface area contributed by atoms with Crippen LogP contribution in [0.25, 0.3) is 0 Å². The summed E-state index contributed by atoms with van der Waals surface area (Å²) in [6.45, 7) is 4.56. The number of nitrogens with one attached hydrogen (secondary N) is 2. The molecule has 0 amide bonds. The third kappa shape index (κ3) is 4.53.